The lowest BCUT2D eigenvalue weighted by Crippen LogP contribution is -2.59. The van der Waals surface area contributed by atoms with Crippen molar-refractivity contribution in [3.63, 3.8) is 0 Å². The number of carbonyl (C=O) groups excluding carboxylic acids is 8. The summed E-state index contributed by atoms with van der Waals surface area (Å²) in [5.41, 5.74) is 0.679. The number of amides is 8. The van der Waals surface area contributed by atoms with Crippen LogP contribution in [0.1, 0.15) is 85.3 Å². The first-order valence-electron chi connectivity index (χ1n) is 24.0. The van der Waals surface area contributed by atoms with Crippen LogP contribution in [0.4, 0.5) is 0 Å². The number of thioether (sulfide) groups is 1. The Labute approximate surface area is 418 Å². The number of hydrogen-bond donors (Lipinski definition) is 3. The fraction of sp³-hybridized carbons (Fsp3) is 0.640. The van der Waals surface area contributed by atoms with Gasteiger partial charge in [-0.25, -0.2) is 0 Å². The first-order valence-corrected chi connectivity index (χ1v) is 25.2. The van der Waals surface area contributed by atoms with Crippen molar-refractivity contribution < 1.29 is 52.9 Å². The van der Waals surface area contributed by atoms with Gasteiger partial charge in [-0.05, 0) is 49.3 Å². The molecule has 20 heteroatoms. The van der Waals surface area contributed by atoms with Crippen LogP contribution in [0.3, 0.4) is 0 Å². The van der Waals surface area contributed by atoms with Gasteiger partial charge >= 0.3 is 0 Å². The van der Waals surface area contributed by atoms with Gasteiger partial charge in [0.15, 0.2) is 0 Å². The minimum atomic E-state index is -0.917. The second-order valence-electron chi connectivity index (χ2n) is 18.5. The van der Waals surface area contributed by atoms with Crippen molar-refractivity contribution in [3.05, 3.63) is 61.2 Å². The molecule has 0 aromatic heterocycles. The molecule has 2 aliphatic rings. The summed E-state index contributed by atoms with van der Waals surface area (Å²) < 4.78 is 11.9. The zero-order valence-corrected chi connectivity index (χ0v) is 43.7. The van der Waals surface area contributed by atoms with E-state index in [0.717, 1.165) is 12.2 Å². The van der Waals surface area contributed by atoms with Crippen LogP contribution in [0.5, 0.6) is 0 Å². The van der Waals surface area contributed by atoms with Crippen molar-refractivity contribution in [2.75, 3.05) is 72.9 Å². The van der Waals surface area contributed by atoms with Gasteiger partial charge in [0, 0.05) is 47.0 Å². The summed E-state index contributed by atoms with van der Waals surface area (Å²) in [6.07, 6.45) is 1.90. The fourth-order valence-electron chi connectivity index (χ4n) is 9.20. The molecule has 0 spiro atoms. The van der Waals surface area contributed by atoms with E-state index in [9.17, 15) is 43.5 Å². The zero-order valence-electron chi connectivity index (χ0n) is 42.8. The first kappa shape index (κ1) is 59.0. The van der Waals surface area contributed by atoms with E-state index in [1.54, 1.807) is 51.8 Å². The third-order valence-corrected chi connectivity index (χ3v) is 14.4. The molecule has 0 saturated carbocycles. The molecular weight excluding hydrogens is 921 g/mol. The van der Waals surface area contributed by atoms with Crippen LogP contribution in [0.25, 0.3) is 0 Å². The maximum Gasteiger partial charge on any atom is 0.248 e. The maximum atomic E-state index is 14.2. The highest BCUT2D eigenvalue weighted by molar-refractivity contribution is 7.99. The summed E-state index contributed by atoms with van der Waals surface area (Å²) in [5, 5.41) is 16.5. The fourth-order valence-corrected chi connectivity index (χ4v) is 10.0. The zero-order chi connectivity index (χ0) is 52.4. The Morgan fingerprint density at radius 2 is 1.44 bits per heavy atom. The Balaban J connectivity index is 1.60. The number of aliphatic hydroxyl groups is 1. The summed E-state index contributed by atoms with van der Waals surface area (Å²) in [7, 11) is 6.15. The molecule has 1 aromatic carbocycles. The average Bonchev–Trinajstić information content (AvgIpc) is 3.85. The number of nitrogens with one attached hydrogen (secondary N) is 2. The summed E-state index contributed by atoms with van der Waals surface area (Å²) >= 11 is 1.21. The smallest absolute Gasteiger partial charge is 0.248 e. The molecular formula is C50H78N8O11S. The second-order valence-corrected chi connectivity index (χ2v) is 19.6. The van der Waals surface area contributed by atoms with Gasteiger partial charge in [-0.1, -0.05) is 84.5 Å². The molecule has 2 heterocycles. The molecule has 0 aliphatic carbocycles. The minimum absolute atomic E-state index is 0.00840. The number of carbonyl (C=O) groups is 8. The number of rotatable bonds is 26. The normalized spacial score (nSPS) is 18.4. The van der Waals surface area contributed by atoms with Gasteiger partial charge in [0.2, 0.25) is 47.3 Å². The number of ether oxygens (including phenoxy) is 2. The molecule has 3 N–H and O–H groups in total. The number of nitrogens with zero attached hydrogens (tertiary/aromatic N) is 6. The quantitative estimate of drug-likeness (QED) is 0.0902. The van der Waals surface area contributed by atoms with Crippen LogP contribution in [0.15, 0.2) is 55.6 Å². The molecule has 9 atom stereocenters. The number of likely N-dealkylation sites (tertiary alicyclic amines) is 1. The van der Waals surface area contributed by atoms with E-state index in [-0.39, 0.29) is 86.4 Å². The topological polar surface area (TPSA) is 219 Å². The summed E-state index contributed by atoms with van der Waals surface area (Å²) in [5.74, 6) is -3.88. The molecule has 19 nitrogen and oxygen atoms in total. The Morgan fingerprint density at radius 3 is 1.99 bits per heavy atom. The molecule has 0 radical (unpaired) electrons. The molecule has 8 amide bonds. The van der Waals surface area contributed by atoms with Crippen molar-refractivity contribution in [2.45, 2.75) is 116 Å². The molecule has 2 unspecified atom stereocenters. The molecule has 2 saturated heterocycles. The van der Waals surface area contributed by atoms with E-state index < -0.39 is 72.0 Å². The van der Waals surface area contributed by atoms with Crippen LogP contribution < -0.4 is 10.6 Å². The monoisotopic (exact) mass is 999 g/mol. The molecule has 0 bridgehead atoms. The highest BCUT2D eigenvalue weighted by Gasteiger charge is 2.43. The lowest BCUT2D eigenvalue weighted by molar-refractivity contribution is -0.154. The van der Waals surface area contributed by atoms with Crippen LogP contribution in [-0.4, -0.2) is 191 Å². The van der Waals surface area contributed by atoms with E-state index in [1.807, 2.05) is 32.0 Å². The second kappa shape index (κ2) is 28.5. The van der Waals surface area contributed by atoms with Crippen molar-refractivity contribution >= 4 is 59.0 Å². The molecule has 1 aromatic rings. The standard InChI is InChI=1S/C50H78N8O11S/c1-13-33(6)46(38(68-11)26-42(62)58-24-19-22-37(58)48(69-12)34(7)49(66)52-35(8)47(65)36-20-17-16-18-21-36)53(9)43(63)27-51-50(67)45(32(4)5)54(10)44(64)28-70-25-23-41(61)57-30-55(39(59)14-2)29-56(31-57)40(60)15-3/h14-18,20-21,32-35,37-38,45-48,65H,2-3,13,19,22-31H2,1,4-12H3,(H,51,67)(H,52,66)/t33-,34-,35-,37+,38-,45?,46?,47-,48-/m1/s1. The van der Waals surface area contributed by atoms with E-state index in [4.69, 9.17) is 9.47 Å². The molecule has 70 heavy (non-hydrogen) atoms. The van der Waals surface area contributed by atoms with E-state index in [1.165, 1.54) is 57.5 Å². The van der Waals surface area contributed by atoms with Crippen molar-refractivity contribution in [1.29, 1.82) is 0 Å². The average molecular weight is 999 g/mol. The largest absolute Gasteiger partial charge is 0.386 e. The van der Waals surface area contributed by atoms with Crippen LogP contribution in [0.2, 0.25) is 0 Å². The first-order chi connectivity index (χ1) is 33.2. The Morgan fingerprint density at radius 1 is 0.843 bits per heavy atom. The lowest BCUT2D eigenvalue weighted by Gasteiger charge is -2.41. The van der Waals surface area contributed by atoms with Crippen LogP contribution in [0, 0.1) is 17.8 Å². The highest BCUT2D eigenvalue weighted by Crippen LogP contribution is 2.30. The van der Waals surface area contributed by atoms with Gasteiger partial charge in [0.05, 0.1) is 81.1 Å². The molecule has 390 valence electrons. The van der Waals surface area contributed by atoms with Gasteiger partial charge in [-0.2, -0.15) is 11.8 Å². The van der Waals surface area contributed by atoms with Crippen molar-refractivity contribution in [1.82, 2.24) is 40.0 Å². The van der Waals surface area contributed by atoms with Crippen LogP contribution >= 0.6 is 11.8 Å². The van der Waals surface area contributed by atoms with Gasteiger partial charge in [-0.3, -0.25) is 38.4 Å². The lowest BCUT2D eigenvalue weighted by atomic mass is 9.90. The predicted molar refractivity (Wildman–Crippen MR) is 267 cm³/mol. The van der Waals surface area contributed by atoms with Gasteiger partial charge in [0.25, 0.3) is 0 Å². The van der Waals surface area contributed by atoms with E-state index >= 15 is 0 Å². The van der Waals surface area contributed by atoms with Gasteiger partial charge in [0.1, 0.15) is 6.04 Å². The predicted octanol–water partition coefficient (Wildman–Crippen LogP) is 2.61. The summed E-state index contributed by atoms with van der Waals surface area (Å²) in [6, 6.07) is 6.62. The molecule has 2 fully saturated rings. The SMILES string of the molecule is C=CC(=O)N1CN(C(=O)C=C)CN(C(=O)CCSCC(=O)N(C)C(C(=O)NCC(=O)N(C)C([C@H](C)CC)[C@@H](CC(=O)N2CCC[C@H]2[C@H](OC)[C@@H](C)C(=O)N[C@H](C)[C@@H](O)c2ccccc2)OC)C(C)C)C1. The number of likely N-dealkylation sites (N-methyl/N-ethyl adjacent to an activating group) is 2. The third-order valence-electron chi connectivity index (χ3n) is 13.4. The number of benzene rings is 1. The van der Waals surface area contributed by atoms with E-state index in [0.29, 0.717) is 31.4 Å². The Hall–Kier alpha value is -5.31. The minimum Gasteiger partial charge on any atom is -0.386 e. The third kappa shape index (κ3) is 15.8. The molecule has 2 aliphatic heterocycles. The summed E-state index contributed by atoms with van der Waals surface area (Å²) in [6.45, 7) is 18.0. The molecule has 3 rings (SSSR count). The van der Waals surface area contributed by atoms with Gasteiger partial charge in [-0.15, -0.1) is 0 Å². The maximum absolute atomic E-state index is 14.2. The number of hydrogen-bond acceptors (Lipinski definition) is 12. The Kier molecular flexibility index (Phi) is 24.0. The van der Waals surface area contributed by atoms with Crippen LogP contribution in [-0.2, 0) is 47.8 Å². The summed E-state index contributed by atoms with van der Waals surface area (Å²) in [4.78, 5) is 115. The van der Waals surface area contributed by atoms with Gasteiger partial charge < -0.3 is 54.6 Å². The number of aliphatic hydroxyl groups excluding tert-OH is 1. The highest BCUT2D eigenvalue weighted by atomic mass is 32.2. The number of methoxy groups -OCH3 is 2. The van der Waals surface area contributed by atoms with Crippen molar-refractivity contribution in [2.24, 2.45) is 17.8 Å². The Bertz CT molecular complexity index is 1950. The van der Waals surface area contributed by atoms with E-state index in [2.05, 4.69) is 23.8 Å². The van der Waals surface area contributed by atoms with Crippen molar-refractivity contribution in [3.8, 4) is 0 Å².